The van der Waals surface area contributed by atoms with Crippen LogP contribution in [-0.2, 0) is 6.42 Å². The van der Waals surface area contributed by atoms with Crippen molar-refractivity contribution >= 4 is 0 Å². The molecule has 0 saturated carbocycles. The van der Waals surface area contributed by atoms with Crippen molar-refractivity contribution in [1.29, 1.82) is 0 Å². The van der Waals surface area contributed by atoms with E-state index in [9.17, 15) is 0 Å². The fraction of sp³-hybridized carbons (Fsp3) is 0.571. The molecule has 0 spiro atoms. The van der Waals surface area contributed by atoms with Gasteiger partial charge in [0.15, 0.2) is 0 Å². The fourth-order valence-electron chi connectivity index (χ4n) is 1.63. The minimum Gasteiger partial charge on any atom is -0.493 e. The van der Waals surface area contributed by atoms with Gasteiger partial charge in [-0.3, -0.25) is 0 Å². The van der Waals surface area contributed by atoms with Crippen LogP contribution in [0.4, 0.5) is 0 Å². The molecule has 0 fully saturated rings. The Labute approximate surface area is 93.5 Å². The van der Waals surface area contributed by atoms with Gasteiger partial charge in [-0.25, -0.2) is 0 Å². The zero-order valence-electron chi connectivity index (χ0n) is 9.96. The van der Waals surface area contributed by atoms with Crippen LogP contribution in [0.15, 0.2) is 24.3 Å². The molecule has 1 nitrogen and oxygen atoms in total. The van der Waals surface area contributed by atoms with Crippen LogP contribution in [-0.4, -0.2) is 6.61 Å². The highest BCUT2D eigenvalue weighted by Gasteiger charge is 2.01. The molecule has 0 aliphatic carbocycles. The molecule has 0 saturated heterocycles. The van der Waals surface area contributed by atoms with Gasteiger partial charge in [-0.2, -0.15) is 0 Å². The molecular weight excluding hydrogens is 184 g/mol. The van der Waals surface area contributed by atoms with Crippen molar-refractivity contribution in [2.45, 2.75) is 46.0 Å². The minimum absolute atomic E-state index is 0.824. The molecule has 0 bridgehead atoms. The summed E-state index contributed by atoms with van der Waals surface area (Å²) >= 11 is 0. The Balaban J connectivity index is 2.52. The SMILES string of the molecule is CCCCCc1ccccc1OCCC. The normalized spacial score (nSPS) is 10.3. The van der Waals surface area contributed by atoms with Crippen molar-refractivity contribution in [1.82, 2.24) is 0 Å². The van der Waals surface area contributed by atoms with Crippen molar-refractivity contribution in [2.24, 2.45) is 0 Å². The van der Waals surface area contributed by atoms with Gasteiger partial charge in [0.05, 0.1) is 6.61 Å². The molecule has 0 aliphatic rings. The van der Waals surface area contributed by atoms with Crippen LogP contribution in [0.5, 0.6) is 5.75 Å². The number of rotatable bonds is 7. The quantitative estimate of drug-likeness (QED) is 0.607. The summed E-state index contributed by atoms with van der Waals surface area (Å²) in [4.78, 5) is 0. The molecule has 0 N–H and O–H groups in total. The summed E-state index contributed by atoms with van der Waals surface area (Å²) in [6, 6.07) is 8.41. The van der Waals surface area contributed by atoms with Gasteiger partial charge in [-0.15, -0.1) is 0 Å². The van der Waals surface area contributed by atoms with E-state index in [1.54, 1.807) is 0 Å². The van der Waals surface area contributed by atoms with Crippen molar-refractivity contribution in [3.05, 3.63) is 29.8 Å². The molecule has 84 valence electrons. The van der Waals surface area contributed by atoms with Crippen LogP contribution in [0, 0.1) is 0 Å². The van der Waals surface area contributed by atoms with E-state index >= 15 is 0 Å². The molecule has 0 atom stereocenters. The summed E-state index contributed by atoms with van der Waals surface area (Å²) in [6.07, 6.45) is 6.07. The van der Waals surface area contributed by atoms with Gasteiger partial charge in [0, 0.05) is 0 Å². The second kappa shape index (κ2) is 7.33. The zero-order valence-corrected chi connectivity index (χ0v) is 9.96. The molecule has 1 aromatic rings. The second-order valence-electron chi connectivity index (χ2n) is 3.91. The number of hydrogen-bond donors (Lipinski definition) is 0. The molecule has 0 aromatic heterocycles. The molecule has 1 rings (SSSR count). The summed E-state index contributed by atoms with van der Waals surface area (Å²) in [5, 5.41) is 0. The van der Waals surface area contributed by atoms with Crippen molar-refractivity contribution in [3.63, 3.8) is 0 Å². The Morgan fingerprint density at radius 2 is 1.80 bits per heavy atom. The minimum atomic E-state index is 0.824. The van der Waals surface area contributed by atoms with E-state index in [0.29, 0.717) is 0 Å². The average molecular weight is 206 g/mol. The lowest BCUT2D eigenvalue weighted by Crippen LogP contribution is -1.98. The molecule has 0 radical (unpaired) electrons. The summed E-state index contributed by atoms with van der Waals surface area (Å²) in [6.45, 7) is 5.20. The smallest absolute Gasteiger partial charge is 0.122 e. The van der Waals surface area contributed by atoms with E-state index in [1.165, 1.54) is 24.8 Å². The van der Waals surface area contributed by atoms with Crippen LogP contribution in [0.25, 0.3) is 0 Å². The average Bonchev–Trinajstić information content (AvgIpc) is 2.28. The summed E-state index contributed by atoms with van der Waals surface area (Å²) in [5.74, 6) is 1.08. The molecule has 0 amide bonds. The predicted molar refractivity (Wildman–Crippen MR) is 65.5 cm³/mol. The maximum Gasteiger partial charge on any atom is 0.122 e. The molecule has 0 unspecified atom stereocenters. The molecule has 0 heterocycles. The summed E-state index contributed by atoms with van der Waals surface area (Å²) in [5.41, 5.74) is 1.36. The fourth-order valence-corrected chi connectivity index (χ4v) is 1.63. The monoisotopic (exact) mass is 206 g/mol. The van der Waals surface area contributed by atoms with E-state index in [4.69, 9.17) is 4.74 Å². The van der Waals surface area contributed by atoms with Gasteiger partial charge in [-0.05, 0) is 30.9 Å². The Morgan fingerprint density at radius 1 is 1.00 bits per heavy atom. The van der Waals surface area contributed by atoms with E-state index < -0.39 is 0 Å². The van der Waals surface area contributed by atoms with E-state index in [2.05, 4.69) is 32.0 Å². The summed E-state index contributed by atoms with van der Waals surface area (Å²) in [7, 11) is 0. The molecular formula is C14H22O. The maximum atomic E-state index is 5.72. The van der Waals surface area contributed by atoms with E-state index in [0.717, 1.165) is 25.2 Å². The van der Waals surface area contributed by atoms with Crippen molar-refractivity contribution < 1.29 is 4.74 Å². The van der Waals surface area contributed by atoms with E-state index in [-0.39, 0.29) is 0 Å². The Morgan fingerprint density at radius 3 is 2.53 bits per heavy atom. The number of hydrogen-bond acceptors (Lipinski definition) is 1. The van der Waals surface area contributed by atoms with Gasteiger partial charge >= 0.3 is 0 Å². The number of aryl methyl sites for hydroxylation is 1. The zero-order chi connectivity index (χ0) is 10.9. The largest absolute Gasteiger partial charge is 0.493 e. The Hall–Kier alpha value is -0.980. The molecule has 1 heteroatoms. The third-order valence-corrected chi connectivity index (χ3v) is 2.48. The third kappa shape index (κ3) is 4.37. The lowest BCUT2D eigenvalue weighted by Gasteiger charge is -2.10. The standard InChI is InChI=1S/C14H22O/c1-3-5-6-9-13-10-7-8-11-14(13)15-12-4-2/h7-8,10-11H,3-6,9,12H2,1-2H3. The number of unbranched alkanes of at least 4 members (excludes halogenated alkanes) is 2. The predicted octanol–water partition coefficient (Wildman–Crippen LogP) is 4.21. The van der Waals surface area contributed by atoms with Crippen LogP contribution >= 0.6 is 0 Å². The highest BCUT2D eigenvalue weighted by Crippen LogP contribution is 2.20. The third-order valence-electron chi connectivity index (χ3n) is 2.48. The van der Waals surface area contributed by atoms with Crippen LogP contribution in [0.2, 0.25) is 0 Å². The second-order valence-corrected chi connectivity index (χ2v) is 3.91. The van der Waals surface area contributed by atoms with Crippen LogP contribution < -0.4 is 4.74 Å². The van der Waals surface area contributed by atoms with Gasteiger partial charge < -0.3 is 4.74 Å². The first-order valence-corrected chi connectivity index (χ1v) is 6.09. The summed E-state index contributed by atoms with van der Waals surface area (Å²) < 4.78 is 5.72. The highest BCUT2D eigenvalue weighted by atomic mass is 16.5. The van der Waals surface area contributed by atoms with Crippen molar-refractivity contribution in [2.75, 3.05) is 6.61 Å². The van der Waals surface area contributed by atoms with Crippen LogP contribution in [0.1, 0.15) is 45.1 Å². The van der Waals surface area contributed by atoms with Crippen LogP contribution in [0.3, 0.4) is 0 Å². The molecule has 0 aliphatic heterocycles. The number of para-hydroxylation sites is 1. The van der Waals surface area contributed by atoms with Gasteiger partial charge in [0.1, 0.15) is 5.75 Å². The topological polar surface area (TPSA) is 9.23 Å². The number of ether oxygens (including phenoxy) is 1. The Bertz CT molecular complexity index is 268. The van der Waals surface area contributed by atoms with Gasteiger partial charge in [0.2, 0.25) is 0 Å². The maximum absolute atomic E-state index is 5.72. The first kappa shape index (κ1) is 12.1. The highest BCUT2D eigenvalue weighted by molar-refractivity contribution is 5.33. The molecule has 1 aromatic carbocycles. The lowest BCUT2D eigenvalue weighted by atomic mass is 10.1. The van der Waals surface area contributed by atoms with E-state index in [1.807, 2.05) is 6.07 Å². The van der Waals surface area contributed by atoms with Gasteiger partial charge in [-0.1, -0.05) is 44.9 Å². The Kier molecular flexibility index (Phi) is 5.91. The van der Waals surface area contributed by atoms with Gasteiger partial charge in [0.25, 0.3) is 0 Å². The van der Waals surface area contributed by atoms with Crippen molar-refractivity contribution in [3.8, 4) is 5.75 Å². The number of benzene rings is 1. The molecule has 15 heavy (non-hydrogen) atoms. The first-order chi connectivity index (χ1) is 7.38. The first-order valence-electron chi connectivity index (χ1n) is 6.09. The lowest BCUT2D eigenvalue weighted by molar-refractivity contribution is 0.314.